The van der Waals surface area contributed by atoms with Gasteiger partial charge in [0.25, 0.3) is 5.82 Å². The van der Waals surface area contributed by atoms with Crippen molar-refractivity contribution in [1.82, 2.24) is 4.90 Å². The van der Waals surface area contributed by atoms with E-state index >= 15 is 0 Å². The number of rotatable bonds is 2. The minimum Gasteiger partial charge on any atom is -0.341 e. The lowest BCUT2D eigenvalue weighted by Gasteiger charge is -2.32. The van der Waals surface area contributed by atoms with Crippen molar-refractivity contribution in [3.63, 3.8) is 0 Å². The summed E-state index contributed by atoms with van der Waals surface area (Å²) in [6.45, 7) is 5.67. The molecular weight excluding hydrogens is 328 g/mol. The van der Waals surface area contributed by atoms with Gasteiger partial charge in [0.1, 0.15) is 13.1 Å². The Bertz CT molecular complexity index is 684. The average molecular weight is 348 g/mol. The number of anilines is 2. The van der Waals surface area contributed by atoms with Crippen molar-refractivity contribution in [1.29, 1.82) is 0 Å². The smallest absolute Gasteiger partial charge is 0.274 e. The summed E-state index contributed by atoms with van der Waals surface area (Å²) in [5.41, 5.74) is 2.00. The van der Waals surface area contributed by atoms with Crippen molar-refractivity contribution < 1.29 is 4.98 Å². The van der Waals surface area contributed by atoms with Crippen LogP contribution < -0.4 is 15.2 Å². The van der Waals surface area contributed by atoms with Crippen LogP contribution in [0.5, 0.6) is 0 Å². The van der Waals surface area contributed by atoms with Crippen molar-refractivity contribution in [3.05, 3.63) is 53.2 Å². The van der Waals surface area contributed by atoms with Gasteiger partial charge in [-0.1, -0.05) is 23.7 Å². The summed E-state index contributed by atoms with van der Waals surface area (Å²) in [5.74, 6) is 1.15. The van der Waals surface area contributed by atoms with Gasteiger partial charge in [0.15, 0.2) is 5.11 Å². The Morgan fingerprint density at radius 3 is 2.61 bits per heavy atom. The first kappa shape index (κ1) is 16.0. The van der Waals surface area contributed by atoms with Crippen LogP contribution in [-0.2, 0) is 0 Å². The topological polar surface area (TPSA) is 32.6 Å². The lowest BCUT2D eigenvalue weighted by molar-refractivity contribution is -0.364. The molecule has 2 heterocycles. The van der Waals surface area contributed by atoms with E-state index in [-0.39, 0.29) is 0 Å². The molecule has 1 aliphatic rings. The number of thiocarbonyl (C=S) groups is 1. The average Bonchev–Trinajstić information content (AvgIpc) is 2.59. The third-order valence-electron chi connectivity index (χ3n) is 4.02. The third-order valence-corrected chi connectivity index (χ3v) is 4.79. The lowest BCUT2D eigenvalue weighted by Crippen LogP contribution is -2.51. The quantitative estimate of drug-likeness (QED) is 0.847. The van der Waals surface area contributed by atoms with E-state index in [0.717, 1.165) is 53.4 Å². The SMILES string of the molecule is Cc1ccc(NC(=S)N2CCN(c3cccc[nH+]3)CC2)cc1Cl. The zero-order chi connectivity index (χ0) is 16.2. The molecule has 1 fully saturated rings. The third kappa shape index (κ3) is 3.92. The van der Waals surface area contributed by atoms with E-state index in [2.05, 4.69) is 26.2 Å². The molecule has 2 aromatic rings. The first-order valence-corrected chi connectivity index (χ1v) is 8.46. The number of halogens is 1. The summed E-state index contributed by atoms with van der Waals surface area (Å²) in [6.07, 6.45) is 1.95. The monoisotopic (exact) mass is 347 g/mol. The standard InChI is InChI=1S/C17H19ClN4S/c1-13-5-6-14(12-15(13)18)20-17(23)22-10-8-21(9-11-22)16-4-2-3-7-19-16/h2-7,12H,8-11H2,1H3,(H,20,23)/p+1. The number of benzene rings is 1. The van der Waals surface area contributed by atoms with Gasteiger partial charge in [-0.2, -0.15) is 0 Å². The van der Waals surface area contributed by atoms with Crippen LogP contribution in [0.3, 0.4) is 0 Å². The van der Waals surface area contributed by atoms with Gasteiger partial charge in [0, 0.05) is 16.8 Å². The van der Waals surface area contributed by atoms with Gasteiger partial charge < -0.3 is 10.2 Å². The second-order valence-electron chi connectivity index (χ2n) is 5.62. The summed E-state index contributed by atoms with van der Waals surface area (Å²) >= 11 is 11.7. The number of nitrogens with zero attached hydrogens (tertiary/aromatic N) is 2. The molecular formula is C17H20ClN4S+. The van der Waals surface area contributed by atoms with E-state index in [1.54, 1.807) is 0 Å². The van der Waals surface area contributed by atoms with E-state index in [0.29, 0.717) is 0 Å². The van der Waals surface area contributed by atoms with Crippen molar-refractivity contribution in [2.45, 2.75) is 6.92 Å². The highest BCUT2D eigenvalue weighted by Crippen LogP contribution is 2.20. The van der Waals surface area contributed by atoms with Crippen LogP contribution in [-0.4, -0.2) is 36.2 Å². The fourth-order valence-electron chi connectivity index (χ4n) is 2.60. The van der Waals surface area contributed by atoms with Crippen LogP contribution >= 0.6 is 23.8 Å². The Balaban J connectivity index is 1.57. The predicted octanol–water partition coefficient (Wildman–Crippen LogP) is 2.98. The molecule has 120 valence electrons. The molecule has 0 radical (unpaired) electrons. The van der Waals surface area contributed by atoms with Gasteiger partial charge in [-0.05, 0) is 42.9 Å². The van der Waals surface area contributed by atoms with Gasteiger partial charge >= 0.3 is 0 Å². The number of H-pyrrole nitrogens is 1. The van der Waals surface area contributed by atoms with E-state index < -0.39 is 0 Å². The molecule has 4 nitrogen and oxygen atoms in total. The zero-order valence-corrected chi connectivity index (χ0v) is 14.6. The van der Waals surface area contributed by atoms with E-state index in [1.165, 1.54) is 0 Å². The molecule has 0 unspecified atom stereocenters. The Hall–Kier alpha value is -1.85. The summed E-state index contributed by atoms with van der Waals surface area (Å²) < 4.78 is 0. The predicted molar refractivity (Wildman–Crippen MR) is 99.2 cm³/mol. The largest absolute Gasteiger partial charge is 0.341 e. The first-order chi connectivity index (χ1) is 11.1. The fourth-order valence-corrected chi connectivity index (χ4v) is 3.09. The van der Waals surface area contributed by atoms with Crippen LogP contribution in [0.2, 0.25) is 5.02 Å². The number of pyridine rings is 1. The maximum atomic E-state index is 6.16. The summed E-state index contributed by atoms with van der Waals surface area (Å²) in [4.78, 5) is 7.81. The summed E-state index contributed by atoms with van der Waals surface area (Å²) in [7, 11) is 0. The lowest BCUT2D eigenvalue weighted by atomic mass is 10.2. The Kier molecular flexibility index (Phi) is 4.98. The molecule has 1 saturated heterocycles. The first-order valence-electron chi connectivity index (χ1n) is 7.67. The molecule has 0 saturated carbocycles. The molecule has 3 rings (SSSR count). The van der Waals surface area contributed by atoms with Crippen LogP contribution in [0.1, 0.15) is 5.56 Å². The van der Waals surface area contributed by atoms with Crippen molar-refractivity contribution in [3.8, 4) is 0 Å². The number of aryl methyl sites for hydroxylation is 1. The molecule has 0 atom stereocenters. The van der Waals surface area contributed by atoms with E-state index in [1.807, 2.05) is 43.5 Å². The van der Waals surface area contributed by atoms with Crippen molar-refractivity contribution in [2.75, 3.05) is 36.4 Å². The molecule has 2 N–H and O–H groups in total. The molecule has 1 aromatic heterocycles. The van der Waals surface area contributed by atoms with Gasteiger partial charge in [-0.25, -0.2) is 4.98 Å². The minimum absolute atomic E-state index is 0.751. The van der Waals surface area contributed by atoms with Crippen molar-refractivity contribution in [2.24, 2.45) is 0 Å². The highest BCUT2D eigenvalue weighted by Gasteiger charge is 2.24. The second-order valence-corrected chi connectivity index (χ2v) is 6.41. The minimum atomic E-state index is 0.751. The Morgan fingerprint density at radius 1 is 1.17 bits per heavy atom. The molecule has 23 heavy (non-hydrogen) atoms. The van der Waals surface area contributed by atoms with Crippen molar-refractivity contribution >= 4 is 40.4 Å². The molecule has 6 heteroatoms. The normalized spacial score (nSPS) is 14.7. The van der Waals surface area contributed by atoms with Crippen LogP contribution in [0.4, 0.5) is 11.5 Å². The Morgan fingerprint density at radius 2 is 1.96 bits per heavy atom. The fraction of sp³-hybridized carbons (Fsp3) is 0.294. The molecule has 0 bridgehead atoms. The summed E-state index contributed by atoms with van der Waals surface area (Å²) in [6, 6.07) is 12.1. The van der Waals surface area contributed by atoms with Crippen LogP contribution in [0.25, 0.3) is 0 Å². The highest BCUT2D eigenvalue weighted by molar-refractivity contribution is 7.80. The summed E-state index contributed by atoms with van der Waals surface area (Å²) in [5, 5.41) is 4.78. The maximum Gasteiger partial charge on any atom is 0.274 e. The van der Waals surface area contributed by atoms with E-state index in [4.69, 9.17) is 23.8 Å². The van der Waals surface area contributed by atoms with Crippen LogP contribution in [0, 0.1) is 6.92 Å². The number of nitrogens with one attached hydrogen (secondary N) is 2. The highest BCUT2D eigenvalue weighted by atomic mass is 35.5. The molecule has 0 aliphatic carbocycles. The number of hydrogen-bond donors (Lipinski definition) is 1. The van der Waals surface area contributed by atoms with Crippen LogP contribution in [0.15, 0.2) is 42.6 Å². The van der Waals surface area contributed by atoms with Gasteiger partial charge in [-0.15, -0.1) is 0 Å². The maximum absolute atomic E-state index is 6.16. The zero-order valence-electron chi connectivity index (χ0n) is 13.1. The number of hydrogen-bond acceptors (Lipinski definition) is 2. The number of aromatic amines is 1. The van der Waals surface area contributed by atoms with Gasteiger partial charge in [0.05, 0.1) is 19.3 Å². The molecule has 0 spiro atoms. The van der Waals surface area contributed by atoms with Gasteiger partial charge in [0.2, 0.25) is 0 Å². The molecule has 0 amide bonds. The number of aromatic nitrogens is 1. The number of piperazine rings is 1. The van der Waals surface area contributed by atoms with Gasteiger partial charge in [-0.3, -0.25) is 4.90 Å². The Labute approximate surface area is 147 Å². The second kappa shape index (κ2) is 7.15. The van der Waals surface area contributed by atoms with E-state index in [9.17, 15) is 0 Å². The molecule has 1 aliphatic heterocycles. The molecule has 1 aromatic carbocycles.